The summed E-state index contributed by atoms with van der Waals surface area (Å²) in [4.78, 5) is 0. The molecular weight excluding hydrogens is 424 g/mol. The summed E-state index contributed by atoms with van der Waals surface area (Å²) in [6.07, 6.45) is 0.800. The molecule has 0 spiro atoms. The summed E-state index contributed by atoms with van der Waals surface area (Å²) in [5.41, 5.74) is 10.5. The molecule has 2 aromatic heterocycles. The Bertz CT molecular complexity index is 1070. The van der Waals surface area contributed by atoms with Crippen molar-refractivity contribution in [3.63, 3.8) is 0 Å². The van der Waals surface area contributed by atoms with Crippen molar-refractivity contribution in [1.29, 1.82) is 0 Å². The van der Waals surface area contributed by atoms with Gasteiger partial charge in [-0.3, -0.25) is 5.10 Å². The lowest BCUT2D eigenvalue weighted by Crippen LogP contribution is -2.31. The Kier molecular flexibility index (Phi) is 5.20. The van der Waals surface area contributed by atoms with Crippen LogP contribution in [-0.2, 0) is 6.42 Å². The summed E-state index contributed by atoms with van der Waals surface area (Å²) in [6.45, 7) is 2.65. The Balaban J connectivity index is 1.40. The van der Waals surface area contributed by atoms with Crippen molar-refractivity contribution < 1.29 is 0 Å². The highest BCUT2D eigenvalue weighted by Gasteiger charge is 2.11. The molecule has 4 aromatic rings. The van der Waals surface area contributed by atoms with Gasteiger partial charge in [-0.2, -0.15) is 5.10 Å². The number of nitrogens with one attached hydrogen (secondary N) is 2. The van der Waals surface area contributed by atoms with Crippen LogP contribution in [0.25, 0.3) is 21.5 Å². The van der Waals surface area contributed by atoms with E-state index in [0.29, 0.717) is 6.54 Å². The first-order valence-corrected chi connectivity index (χ1v) is 10.2. The van der Waals surface area contributed by atoms with Gasteiger partial charge in [0.1, 0.15) is 5.01 Å². The van der Waals surface area contributed by atoms with Gasteiger partial charge in [0.05, 0.1) is 5.52 Å². The molecule has 4 rings (SSSR count). The van der Waals surface area contributed by atoms with E-state index >= 15 is 0 Å². The van der Waals surface area contributed by atoms with Gasteiger partial charge in [-0.05, 0) is 49.2 Å². The molecule has 0 aliphatic rings. The lowest BCUT2D eigenvalue weighted by Gasteiger charge is -2.12. The normalized spacial score (nSPS) is 12.4. The third kappa shape index (κ3) is 4.18. The second kappa shape index (κ2) is 7.75. The highest BCUT2D eigenvalue weighted by molar-refractivity contribution is 9.10. The molecule has 0 amide bonds. The minimum absolute atomic E-state index is 0.00317. The lowest BCUT2D eigenvalue weighted by atomic mass is 10.1. The van der Waals surface area contributed by atoms with Crippen LogP contribution >= 0.6 is 27.3 Å². The van der Waals surface area contributed by atoms with Crippen molar-refractivity contribution >= 4 is 43.3 Å². The Morgan fingerprint density at radius 1 is 1.22 bits per heavy atom. The molecule has 138 valence electrons. The van der Waals surface area contributed by atoms with E-state index < -0.39 is 0 Å². The number of benzene rings is 2. The summed E-state index contributed by atoms with van der Waals surface area (Å²) in [5, 5.41) is 21.9. The zero-order chi connectivity index (χ0) is 18.8. The third-order valence-electron chi connectivity index (χ3n) is 4.32. The minimum Gasteiger partial charge on any atom is -0.359 e. The van der Waals surface area contributed by atoms with E-state index in [0.717, 1.165) is 43.2 Å². The topological polar surface area (TPSA) is 92.5 Å². The molecule has 0 saturated carbocycles. The molecule has 0 aliphatic heterocycles. The first-order valence-electron chi connectivity index (χ1n) is 8.61. The maximum atomic E-state index is 6.26. The highest BCUT2D eigenvalue weighted by atomic mass is 79.9. The van der Waals surface area contributed by atoms with Crippen molar-refractivity contribution in [2.75, 3.05) is 11.9 Å². The Morgan fingerprint density at radius 3 is 2.96 bits per heavy atom. The smallest absolute Gasteiger partial charge is 0.206 e. The number of aromatic nitrogens is 4. The van der Waals surface area contributed by atoms with Crippen molar-refractivity contribution in [2.45, 2.75) is 19.4 Å². The van der Waals surface area contributed by atoms with Crippen molar-refractivity contribution in [2.24, 2.45) is 5.73 Å². The quantitative estimate of drug-likeness (QED) is 0.417. The SMILES string of the molecule is Cc1[nH]nc2ccc(-c3nnc(NC[C@H](N)Cc4cccc(Br)c4)s3)cc12. The number of fused-ring (bicyclic) bond motifs is 1. The molecule has 0 aliphatic carbocycles. The van der Waals surface area contributed by atoms with Crippen LogP contribution in [0.15, 0.2) is 46.9 Å². The molecule has 0 fully saturated rings. The number of hydrogen-bond donors (Lipinski definition) is 3. The Morgan fingerprint density at radius 2 is 2.11 bits per heavy atom. The molecule has 0 unspecified atom stereocenters. The predicted molar refractivity (Wildman–Crippen MR) is 114 cm³/mol. The van der Waals surface area contributed by atoms with Gasteiger partial charge >= 0.3 is 0 Å². The first-order chi connectivity index (χ1) is 13.1. The molecule has 0 radical (unpaired) electrons. The number of aromatic amines is 1. The van der Waals surface area contributed by atoms with Gasteiger partial charge in [0.2, 0.25) is 5.13 Å². The summed E-state index contributed by atoms with van der Waals surface area (Å²) in [5.74, 6) is 0. The number of rotatable bonds is 6. The number of H-pyrrole nitrogens is 1. The maximum absolute atomic E-state index is 6.26. The van der Waals surface area contributed by atoms with Crippen LogP contribution in [0.3, 0.4) is 0 Å². The van der Waals surface area contributed by atoms with Crippen LogP contribution in [0.5, 0.6) is 0 Å². The summed E-state index contributed by atoms with van der Waals surface area (Å²) >= 11 is 5.02. The van der Waals surface area contributed by atoms with Crippen molar-refractivity contribution in [1.82, 2.24) is 20.4 Å². The van der Waals surface area contributed by atoms with E-state index in [1.165, 1.54) is 16.9 Å². The first kappa shape index (κ1) is 18.1. The second-order valence-corrected chi connectivity index (χ2v) is 8.36. The van der Waals surface area contributed by atoms with Gasteiger partial charge < -0.3 is 11.1 Å². The number of halogens is 1. The monoisotopic (exact) mass is 442 g/mol. The highest BCUT2D eigenvalue weighted by Crippen LogP contribution is 2.29. The number of aryl methyl sites for hydroxylation is 1. The fourth-order valence-corrected chi connectivity index (χ4v) is 4.13. The molecular formula is C19H19BrN6S. The van der Waals surface area contributed by atoms with E-state index in [-0.39, 0.29) is 6.04 Å². The minimum atomic E-state index is -0.00317. The summed E-state index contributed by atoms with van der Waals surface area (Å²) < 4.78 is 1.07. The average molecular weight is 443 g/mol. The maximum Gasteiger partial charge on any atom is 0.206 e. The molecule has 0 saturated heterocycles. The zero-order valence-electron chi connectivity index (χ0n) is 14.7. The number of nitrogens with two attached hydrogens (primary N) is 1. The molecule has 8 heteroatoms. The molecule has 2 aromatic carbocycles. The van der Waals surface area contributed by atoms with Crippen LogP contribution in [0, 0.1) is 6.92 Å². The van der Waals surface area contributed by atoms with Crippen LogP contribution in [0.4, 0.5) is 5.13 Å². The van der Waals surface area contributed by atoms with Gasteiger partial charge in [0.15, 0.2) is 0 Å². The molecule has 0 bridgehead atoms. The van der Waals surface area contributed by atoms with E-state index in [1.807, 2.05) is 31.2 Å². The van der Waals surface area contributed by atoms with Gasteiger partial charge in [0, 0.05) is 33.7 Å². The molecule has 1 atom stereocenters. The number of nitrogens with zero attached hydrogens (tertiary/aromatic N) is 3. The summed E-state index contributed by atoms with van der Waals surface area (Å²) in [6, 6.07) is 14.3. The Hall–Kier alpha value is -2.29. The van der Waals surface area contributed by atoms with Gasteiger partial charge in [-0.15, -0.1) is 10.2 Å². The van der Waals surface area contributed by atoms with E-state index in [4.69, 9.17) is 5.73 Å². The molecule has 6 nitrogen and oxygen atoms in total. The summed E-state index contributed by atoms with van der Waals surface area (Å²) in [7, 11) is 0. The predicted octanol–water partition coefficient (Wildman–Crippen LogP) is 4.13. The Labute approximate surface area is 169 Å². The van der Waals surface area contributed by atoms with Crippen molar-refractivity contribution in [3.05, 3.63) is 58.2 Å². The van der Waals surface area contributed by atoms with Gasteiger partial charge in [-0.1, -0.05) is 39.4 Å². The van der Waals surface area contributed by atoms with E-state index in [1.54, 1.807) is 0 Å². The largest absolute Gasteiger partial charge is 0.359 e. The van der Waals surface area contributed by atoms with Crippen LogP contribution in [-0.4, -0.2) is 33.0 Å². The fourth-order valence-electron chi connectivity index (χ4n) is 2.94. The van der Waals surface area contributed by atoms with E-state index in [2.05, 4.69) is 59.8 Å². The second-order valence-electron chi connectivity index (χ2n) is 6.47. The average Bonchev–Trinajstić information content (AvgIpc) is 3.27. The van der Waals surface area contributed by atoms with Crippen molar-refractivity contribution in [3.8, 4) is 10.6 Å². The third-order valence-corrected chi connectivity index (χ3v) is 5.74. The molecule has 27 heavy (non-hydrogen) atoms. The van der Waals surface area contributed by atoms with Crippen LogP contribution in [0.1, 0.15) is 11.3 Å². The standard InChI is InChI=1S/C19H19BrN6S/c1-11-16-9-13(5-6-17(16)24-23-11)18-25-26-19(27-18)22-10-15(21)8-12-3-2-4-14(20)7-12/h2-7,9,15H,8,10,21H2,1H3,(H,22,26)(H,23,24)/t15-/m1/s1. The molecule has 4 N–H and O–H groups in total. The van der Waals surface area contributed by atoms with Crippen LogP contribution in [0.2, 0.25) is 0 Å². The zero-order valence-corrected chi connectivity index (χ0v) is 17.1. The fraction of sp³-hybridized carbons (Fsp3) is 0.211. The number of anilines is 1. The van der Waals surface area contributed by atoms with Crippen LogP contribution < -0.4 is 11.1 Å². The van der Waals surface area contributed by atoms with Gasteiger partial charge in [-0.25, -0.2) is 0 Å². The van der Waals surface area contributed by atoms with Gasteiger partial charge in [0.25, 0.3) is 0 Å². The lowest BCUT2D eigenvalue weighted by molar-refractivity contribution is 0.698. The molecule has 2 heterocycles. The van der Waals surface area contributed by atoms with E-state index in [9.17, 15) is 0 Å². The number of hydrogen-bond acceptors (Lipinski definition) is 6.